The van der Waals surface area contributed by atoms with Gasteiger partial charge in [-0.05, 0) is 54.9 Å². The zero-order chi connectivity index (χ0) is 14.5. The van der Waals surface area contributed by atoms with Crippen LogP contribution in [-0.2, 0) is 6.42 Å². The molecule has 108 valence electrons. The molecule has 1 N–H and O–H groups in total. The van der Waals surface area contributed by atoms with Crippen LogP contribution in [0.5, 0.6) is 0 Å². The van der Waals surface area contributed by atoms with Crippen LogP contribution < -0.4 is 5.32 Å². The first kappa shape index (κ1) is 15.8. The predicted octanol–water partition coefficient (Wildman–Crippen LogP) is 5.65. The molecule has 0 aliphatic rings. The normalized spacial score (nSPS) is 12.6. The summed E-state index contributed by atoms with van der Waals surface area (Å²) in [5, 5.41) is 7.06. The van der Waals surface area contributed by atoms with E-state index in [9.17, 15) is 0 Å². The highest BCUT2D eigenvalue weighted by molar-refractivity contribution is 7.10. The fourth-order valence-electron chi connectivity index (χ4n) is 2.24. The second-order valence-corrected chi connectivity index (χ2v) is 6.62. The molecule has 2 rings (SSSR count). The molecule has 0 amide bonds. The van der Waals surface area contributed by atoms with Crippen LogP contribution in [-0.4, -0.2) is 6.54 Å². The predicted molar refractivity (Wildman–Crippen MR) is 90.3 cm³/mol. The molecule has 2 aromatic rings. The van der Waals surface area contributed by atoms with Crippen LogP contribution in [0.4, 0.5) is 0 Å². The van der Waals surface area contributed by atoms with Gasteiger partial charge < -0.3 is 5.32 Å². The van der Waals surface area contributed by atoms with Crippen molar-refractivity contribution in [2.45, 2.75) is 32.7 Å². The number of benzene rings is 1. The van der Waals surface area contributed by atoms with Gasteiger partial charge in [0.2, 0.25) is 0 Å². The van der Waals surface area contributed by atoms with E-state index >= 15 is 0 Å². The molecule has 0 radical (unpaired) electrons. The molecular weight excluding hydrogens is 309 g/mol. The average molecular weight is 328 g/mol. The van der Waals surface area contributed by atoms with Crippen molar-refractivity contribution in [3.05, 3.63) is 55.7 Å². The van der Waals surface area contributed by atoms with E-state index in [2.05, 4.69) is 36.7 Å². The van der Waals surface area contributed by atoms with Crippen LogP contribution in [0.25, 0.3) is 0 Å². The summed E-state index contributed by atoms with van der Waals surface area (Å²) in [6.07, 6.45) is 1.98. The molecule has 0 aliphatic carbocycles. The highest BCUT2D eigenvalue weighted by Gasteiger charge is 2.17. The number of rotatable bonds is 6. The summed E-state index contributed by atoms with van der Waals surface area (Å²) in [6.45, 7) is 5.34. The monoisotopic (exact) mass is 327 g/mol. The standard InChI is InChI=1S/C16H19Cl2NS/c1-3-8-19-14(16-11(2)7-9-20-16)10-12-5-4-6-13(17)15(12)18/h4-7,9,14,19H,3,8,10H2,1-2H3. The molecule has 1 aromatic carbocycles. The molecule has 0 saturated heterocycles. The average Bonchev–Trinajstić information content (AvgIpc) is 2.85. The smallest absolute Gasteiger partial charge is 0.0624 e. The summed E-state index contributed by atoms with van der Waals surface area (Å²) in [6, 6.07) is 8.31. The molecule has 0 aliphatic heterocycles. The van der Waals surface area contributed by atoms with Crippen molar-refractivity contribution in [3.63, 3.8) is 0 Å². The molecule has 1 aromatic heterocycles. The fourth-order valence-corrected chi connectivity index (χ4v) is 3.64. The van der Waals surface area contributed by atoms with Crippen LogP contribution >= 0.6 is 34.5 Å². The van der Waals surface area contributed by atoms with E-state index in [1.165, 1.54) is 10.4 Å². The summed E-state index contributed by atoms with van der Waals surface area (Å²) in [5.74, 6) is 0. The van der Waals surface area contributed by atoms with Crippen molar-refractivity contribution in [1.82, 2.24) is 5.32 Å². The van der Waals surface area contributed by atoms with Gasteiger partial charge in [-0.25, -0.2) is 0 Å². The lowest BCUT2D eigenvalue weighted by molar-refractivity contribution is 0.535. The van der Waals surface area contributed by atoms with E-state index < -0.39 is 0 Å². The molecular formula is C16H19Cl2NS. The third-order valence-corrected chi connectivity index (χ3v) is 5.31. The van der Waals surface area contributed by atoms with Crippen LogP contribution in [0.2, 0.25) is 10.0 Å². The van der Waals surface area contributed by atoms with Crippen LogP contribution in [0.1, 0.15) is 35.4 Å². The second kappa shape index (κ2) is 7.46. The van der Waals surface area contributed by atoms with Gasteiger partial charge in [0, 0.05) is 10.9 Å². The molecule has 1 nitrogen and oxygen atoms in total. The molecule has 0 bridgehead atoms. The van der Waals surface area contributed by atoms with Gasteiger partial charge in [-0.15, -0.1) is 11.3 Å². The first-order chi connectivity index (χ1) is 9.63. The Kier molecular flexibility index (Phi) is 5.91. The summed E-state index contributed by atoms with van der Waals surface area (Å²) in [7, 11) is 0. The van der Waals surface area contributed by atoms with E-state index in [4.69, 9.17) is 23.2 Å². The Morgan fingerprint density at radius 1 is 1.25 bits per heavy atom. The first-order valence-electron chi connectivity index (χ1n) is 6.83. The summed E-state index contributed by atoms with van der Waals surface area (Å²) in [5.41, 5.74) is 2.43. The maximum atomic E-state index is 6.32. The minimum Gasteiger partial charge on any atom is -0.309 e. The Morgan fingerprint density at radius 3 is 2.70 bits per heavy atom. The Hall–Kier alpha value is -0.540. The highest BCUT2D eigenvalue weighted by Crippen LogP contribution is 2.32. The van der Waals surface area contributed by atoms with Gasteiger partial charge in [-0.1, -0.05) is 42.3 Å². The summed E-state index contributed by atoms with van der Waals surface area (Å²) in [4.78, 5) is 1.38. The van der Waals surface area contributed by atoms with Crippen molar-refractivity contribution in [2.24, 2.45) is 0 Å². The quantitative estimate of drug-likeness (QED) is 0.723. The molecule has 0 spiro atoms. The van der Waals surface area contributed by atoms with Crippen LogP contribution in [0.3, 0.4) is 0 Å². The van der Waals surface area contributed by atoms with Gasteiger partial charge in [0.15, 0.2) is 0 Å². The number of thiophene rings is 1. The lowest BCUT2D eigenvalue weighted by atomic mass is 10.0. The van der Waals surface area contributed by atoms with Crippen molar-refractivity contribution < 1.29 is 0 Å². The number of nitrogens with one attached hydrogen (secondary N) is 1. The minimum atomic E-state index is 0.297. The molecule has 1 heterocycles. The maximum absolute atomic E-state index is 6.32. The van der Waals surface area contributed by atoms with E-state index in [0.29, 0.717) is 16.1 Å². The van der Waals surface area contributed by atoms with Crippen molar-refractivity contribution in [2.75, 3.05) is 6.54 Å². The Bertz CT molecular complexity index is 565. The second-order valence-electron chi connectivity index (χ2n) is 4.89. The number of aryl methyl sites for hydroxylation is 1. The third-order valence-electron chi connectivity index (χ3n) is 3.31. The third kappa shape index (κ3) is 3.76. The van der Waals surface area contributed by atoms with E-state index in [1.54, 1.807) is 11.3 Å². The lowest BCUT2D eigenvalue weighted by Gasteiger charge is -2.19. The fraction of sp³-hybridized carbons (Fsp3) is 0.375. The molecule has 1 atom stereocenters. The molecule has 0 fully saturated rings. The minimum absolute atomic E-state index is 0.297. The van der Waals surface area contributed by atoms with E-state index in [1.807, 2.05) is 12.1 Å². The van der Waals surface area contributed by atoms with Gasteiger partial charge in [-0.3, -0.25) is 0 Å². The van der Waals surface area contributed by atoms with Crippen molar-refractivity contribution >= 4 is 34.5 Å². The van der Waals surface area contributed by atoms with Gasteiger partial charge in [0.1, 0.15) is 0 Å². The zero-order valence-corrected chi connectivity index (χ0v) is 14.1. The zero-order valence-electron chi connectivity index (χ0n) is 11.7. The van der Waals surface area contributed by atoms with Gasteiger partial charge in [-0.2, -0.15) is 0 Å². The van der Waals surface area contributed by atoms with E-state index in [-0.39, 0.29) is 0 Å². The van der Waals surface area contributed by atoms with Gasteiger partial charge >= 0.3 is 0 Å². The largest absolute Gasteiger partial charge is 0.309 e. The Labute approximate surface area is 134 Å². The van der Waals surface area contributed by atoms with Gasteiger partial charge in [0.25, 0.3) is 0 Å². The van der Waals surface area contributed by atoms with Gasteiger partial charge in [0.05, 0.1) is 10.0 Å². The molecule has 1 unspecified atom stereocenters. The van der Waals surface area contributed by atoms with Crippen LogP contribution in [0.15, 0.2) is 29.6 Å². The van der Waals surface area contributed by atoms with E-state index in [0.717, 1.165) is 24.9 Å². The summed E-state index contributed by atoms with van der Waals surface area (Å²) < 4.78 is 0. The maximum Gasteiger partial charge on any atom is 0.0624 e. The topological polar surface area (TPSA) is 12.0 Å². The summed E-state index contributed by atoms with van der Waals surface area (Å²) >= 11 is 14.2. The van der Waals surface area contributed by atoms with Crippen molar-refractivity contribution in [1.29, 1.82) is 0 Å². The van der Waals surface area contributed by atoms with Crippen LogP contribution in [0, 0.1) is 6.92 Å². The number of halogens is 2. The molecule has 0 saturated carbocycles. The SMILES string of the molecule is CCCNC(Cc1cccc(Cl)c1Cl)c1sccc1C. The Morgan fingerprint density at radius 2 is 2.05 bits per heavy atom. The van der Waals surface area contributed by atoms with Crippen molar-refractivity contribution in [3.8, 4) is 0 Å². The highest BCUT2D eigenvalue weighted by atomic mass is 35.5. The lowest BCUT2D eigenvalue weighted by Crippen LogP contribution is -2.24. The number of hydrogen-bond donors (Lipinski definition) is 1. The molecule has 4 heteroatoms. The molecule has 20 heavy (non-hydrogen) atoms. The first-order valence-corrected chi connectivity index (χ1v) is 8.47. The Balaban J connectivity index is 2.24. The number of hydrogen-bond acceptors (Lipinski definition) is 2.